The first-order valence-electron chi connectivity index (χ1n) is 8.55. The molecule has 0 N–H and O–H groups in total. The largest absolute Gasteiger partial charge is 0.497 e. The van der Waals surface area contributed by atoms with Crippen molar-refractivity contribution in [3.05, 3.63) is 78.4 Å². The van der Waals surface area contributed by atoms with Crippen molar-refractivity contribution in [3.63, 3.8) is 0 Å². The first kappa shape index (κ1) is 16.1. The van der Waals surface area contributed by atoms with E-state index in [0.29, 0.717) is 11.1 Å². The van der Waals surface area contributed by atoms with Gasteiger partial charge in [-0.15, -0.1) is 0 Å². The third-order valence-electron chi connectivity index (χ3n) is 5.36. The van der Waals surface area contributed by atoms with Crippen LogP contribution in [-0.4, -0.2) is 15.2 Å². The molecule has 1 aromatic carbocycles. The molecule has 23 heavy (non-hydrogen) atoms. The highest BCUT2D eigenvalue weighted by molar-refractivity contribution is 6.83. The second kappa shape index (κ2) is 7.18. The van der Waals surface area contributed by atoms with E-state index in [1.807, 2.05) is 0 Å². The van der Waals surface area contributed by atoms with Gasteiger partial charge in [0, 0.05) is 0 Å². The van der Waals surface area contributed by atoms with E-state index in [1.165, 1.54) is 18.0 Å². The number of methoxy groups -OCH3 is 1. The summed E-state index contributed by atoms with van der Waals surface area (Å²) in [6.45, 7) is 2.58. The van der Waals surface area contributed by atoms with Gasteiger partial charge < -0.3 is 4.74 Å². The van der Waals surface area contributed by atoms with Crippen LogP contribution in [0.4, 0.5) is 0 Å². The van der Waals surface area contributed by atoms with Gasteiger partial charge in [-0.25, -0.2) is 0 Å². The van der Waals surface area contributed by atoms with E-state index in [-0.39, 0.29) is 0 Å². The number of benzene rings is 1. The predicted octanol–water partition coefficient (Wildman–Crippen LogP) is 5.70. The zero-order chi connectivity index (χ0) is 16.1. The Bertz CT molecular complexity index is 584. The van der Waals surface area contributed by atoms with Crippen LogP contribution in [0.2, 0.25) is 23.7 Å². The average Bonchev–Trinajstić information content (AvgIpc) is 3.29. The van der Waals surface area contributed by atoms with E-state index < -0.39 is 8.07 Å². The second-order valence-corrected chi connectivity index (χ2v) is 11.6. The molecule has 0 heterocycles. The number of ether oxygens (including phenoxy) is 1. The van der Waals surface area contributed by atoms with E-state index in [4.69, 9.17) is 4.74 Å². The van der Waals surface area contributed by atoms with E-state index in [2.05, 4.69) is 79.4 Å². The van der Waals surface area contributed by atoms with Crippen LogP contribution in [0.1, 0.15) is 12.0 Å². The van der Waals surface area contributed by atoms with Crippen LogP contribution in [0.5, 0.6) is 5.75 Å². The molecule has 0 aromatic heterocycles. The third-order valence-corrected chi connectivity index (χ3v) is 10.6. The minimum Gasteiger partial charge on any atom is -0.497 e. The molecule has 120 valence electrons. The molecule has 0 saturated carbocycles. The first-order valence-corrected chi connectivity index (χ1v) is 11.4. The lowest BCUT2D eigenvalue weighted by atomic mass is 10.1. The van der Waals surface area contributed by atoms with Crippen LogP contribution in [0.25, 0.3) is 0 Å². The fraction of sp³-hybridized carbons (Fsp3) is 0.333. The molecule has 2 aliphatic carbocycles. The molecule has 2 heteroatoms. The van der Waals surface area contributed by atoms with Gasteiger partial charge >= 0.3 is 0 Å². The molecular formula is C21H26OSi. The van der Waals surface area contributed by atoms with E-state index in [0.717, 1.165) is 12.2 Å². The molecule has 1 aromatic rings. The topological polar surface area (TPSA) is 9.23 Å². The molecule has 1 nitrogen and oxygen atoms in total. The van der Waals surface area contributed by atoms with Crippen LogP contribution in [0.3, 0.4) is 0 Å². The molecule has 0 amide bonds. The summed E-state index contributed by atoms with van der Waals surface area (Å²) >= 11 is 0. The summed E-state index contributed by atoms with van der Waals surface area (Å²) in [5.41, 5.74) is 2.77. The van der Waals surface area contributed by atoms with Gasteiger partial charge in [-0.1, -0.05) is 79.8 Å². The zero-order valence-electron chi connectivity index (χ0n) is 14.1. The minimum atomic E-state index is -1.43. The van der Waals surface area contributed by atoms with E-state index in [1.54, 1.807) is 7.11 Å². The van der Waals surface area contributed by atoms with Crippen molar-refractivity contribution < 1.29 is 4.74 Å². The number of aryl methyl sites for hydroxylation is 1. The van der Waals surface area contributed by atoms with Gasteiger partial charge in [-0.05, 0) is 35.2 Å². The standard InChI is InChI=1S/C21H26OSi/c1-22-19-15-13-18(14-16-19)8-7-17-23(2,20-9-3-4-10-20)21-11-5-6-12-21/h3-6,9-16,20-21H,7-8,17H2,1-2H3. The lowest BCUT2D eigenvalue weighted by molar-refractivity contribution is 0.414. The summed E-state index contributed by atoms with van der Waals surface area (Å²) in [4.78, 5) is 0. The molecule has 0 atom stereocenters. The highest BCUT2D eigenvalue weighted by Crippen LogP contribution is 2.44. The van der Waals surface area contributed by atoms with Crippen molar-refractivity contribution in [1.29, 1.82) is 0 Å². The highest BCUT2D eigenvalue weighted by atomic mass is 28.3. The summed E-state index contributed by atoms with van der Waals surface area (Å²) in [6.07, 6.45) is 21.0. The summed E-state index contributed by atoms with van der Waals surface area (Å²) in [5, 5.41) is 0. The molecule has 3 rings (SSSR count). The van der Waals surface area contributed by atoms with Crippen molar-refractivity contribution in [3.8, 4) is 5.75 Å². The van der Waals surface area contributed by atoms with Crippen molar-refractivity contribution in [2.45, 2.75) is 36.5 Å². The number of allylic oxidation sites excluding steroid dienone is 8. The Morgan fingerprint density at radius 1 is 0.870 bits per heavy atom. The number of hydrogen-bond acceptors (Lipinski definition) is 1. The third kappa shape index (κ3) is 3.58. The molecular weight excluding hydrogens is 296 g/mol. The monoisotopic (exact) mass is 322 g/mol. The van der Waals surface area contributed by atoms with Gasteiger partial charge in [-0.3, -0.25) is 0 Å². The Kier molecular flexibility index (Phi) is 5.02. The van der Waals surface area contributed by atoms with Gasteiger partial charge in [0.15, 0.2) is 0 Å². The van der Waals surface area contributed by atoms with Gasteiger partial charge in [0.2, 0.25) is 0 Å². The normalized spacial score (nSPS) is 17.5. The van der Waals surface area contributed by atoms with Gasteiger partial charge in [0.05, 0.1) is 15.2 Å². The Balaban J connectivity index is 1.64. The van der Waals surface area contributed by atoms with E-state index >= 15 is 0 Å². The van der Waals surface area contributed by atoms with Crippen molar-refractivity contribution in [2.24, 2.45) is 0 Å². The van der Waals surface area contributed by atoms with Crippen molar-refractivity contribution in [1.82, 2.24) is 0 Å². The Labute approximate surface area is 141 Å². The van der Waals surface area contributed by atoms with Crippen molar-refractivity contribution >= 4 is 8.07 Å². The van der Waals surface area contributed by atoms with E-state index in [9.17, 15) is 0 Å². The molecule has 0 radical (unpaired) electrons. The number of rotatable bonds is 7. The van der Waals surface area contributed by atoms with Gasteiger partial charge in [0.1, 0.15) is 5.75 Å². The quantitative estimate of drug-likeness (QED) is 0.585. The van der Waals surface area contributed by atoms with Crippen LogP contribution in [-0.2, 0) is 6.42 Å². The SMILES string of the molecule is COc1ccc(CCC[Si](C)(C2C=CC=C2)C2C=CC=C2)cc1. The van der Waals surface area contributed by atoms with Gasteiger partial charge in [-0.2, -0.15) is 0 Å². The smallest absolute Gasteiger partial charge is 0.118 e. The lowest BCUT2D eigenvalue weighted by Crippen LogP contribution is -2.38. The Morgan fingerprint density at radius 3 is 1.87 bits per heavy atom. The number of hydrogen-bond donors (Lipinski definition) is 0. The van der Waals surface area contributed by atoms with Crippen LogP contribution < -0.4 is 4.74 Å². The molecule has 0 unspecified atom stereocenters. The summed E-state index contributed by atoms with van der Waals surface area (Å²) in [5.74, 6) is 0.940. The average molecular weight is 323 g/mol. The first-order chi connectivity index (χ1) is 11.2. The summed E-state index contributed by atoms with van der Waals surface area (Å²) in [6, 6.07) is 9.89. The molecule has 2 aliphatic rings. The molecule has 0 bridgehead atoms. The fourth-order valence-corrected chi connectivity index (χ4v) is 8.02. The van der Waals surface area contributed by atoms with Crippen LogP contribution in [0.15, 0.2) is 72.9 Å². The maximum atomic E-state index is 5.24. The second-order valence-electron chi connectivity index (χ2n) is 6.80. The van der Waals surface area contributed by atoms with Gasteiger partial charge in [0.25, 0.3) is 0 Å². The summed E-state index contributed by atoms with van der Waals surface area (Å²) in [7, 11) is 0.293. The van der Waals surface area contributed by atoms with Crippen LogP contribution >= 0.6 is 0 Å². The maximum absolute atomic E-state index is 5.24. The predicted molar refractivity (Wildman–Crippen MR) is 102 cm³/mol. The highest BCUT2D eigenvalue weighted by Gasteiger charge is 2.39. The molecule has 0 spiro atoms. The Morgan fingerprint density at radius 2 is 1.39 bits per heavy atom. The van der Waals surface area contributed by atoms with Crippen LogP contribution in [0, 0.1) is 0 Å². The molecule has 0 saturated heterocycles. The minimum absolute atomic E-state index is 0.677. The maximum Gasteiger partial charge on any atom is 0.118 e. The molecule has 0 fully saturated rings. The fourth-order valence-electron chi connectivity index (χ4n) is 3.76. The van der Waals surface area contributed by atoms with Crippen molar-refractivity contribution in [2.75, 3.05) is 7.11 Å². The summed E-state index contributed by atoms with van der Waals surface area (Å²) < 4.78 is 5.24. The Hall–Kier alpha value is -1.80. The molecule has 0 aliphatic heterocycles. The zero-order valence-corrected chi connectivity index (χ0v) is 15.1. The lowest BCUT2D eigenvalue weighted by Gasteiger charge is -2.36.